The molecule has 2 aromatic heterocycles. The third-order valence-electron chi connectivity index (χ3n) is 2.57. The van der Waals surface area contributed by atoms with Crippen molar-refractivity contribution >= 4 is 17.3 Å². The minimum atomic E-state index is 1.10. The van der Waals surface area contributed by atoms with E-state index in [1.807, 2.05) is 56.0 Å². The monoisotopic (exact) mass is 243 g/mol. The van der Waals surface area contributed by atoms with Crippen molar-refractivity contribution in [1.82, 2.24) is 9.61 Å². The first-order chi connectivity index (χ1) is 8.76. The van der Waals surface area contributed by atoms with Crippen molar-refractivity contribution in [2.45, 2.75) is 27.7 Å². The van der Waals surface area contributed by atoms with Crippen LogP contribution in [0, 0.1) is 6.92 Å². The Bertz CT molecular complexity index is 562. The molecule has 0 bridgehead atoms. The van der Waals surface area contributed by atoms with Crippen LogP contribution in [0.5, 0.6) is 0 Å². The molecule has 2 aromatic rings. The molecule has 96 valence electrons. The quantitative estimate of drug-likeness (QED) is 0.738. The predicted molar refractivity (Wildman–Crippen MR) is 79.3 cm³/mol. The minimum absolute atomic E-state index is 1.10. The maximum absolute atomic E-state index is 4.33. The summed E-state index contributed by atoms with van der Waals surface area (Å²) in [6, 6.07) is 4.18. The van der Waals surface area contributed by atoms with Gasteiger partial charge in [0.1, 0.15) is 0 Å². The van der Waals surface area contributed by atoms with Crippen molar-refractivity contribution in [3.8, 4) is 0 Å². The van der Waals surface area contributed by atoms with Crippen LogP contribution in [0.1, 0.15) is 31.9 Å². The van der Waals surface area contributed by atoms with Gasteiger partial charge in [0, 0.05) is 25.0 Å². The highest BCUT2D eigenvalue weighted by Gasteiger charge is 2.06. The Morgan fingerprint density at radius 2 is 2.11 bits per heavy atom. The van der Waals surface area contributed by atoms with Crippen LogP contribution >= 0.6 is 0 Å². The van der Waals surface area contributed by atoms with Crippen molar-refractivity contribution in [2.75, 3.05) is 7.05 Å². The first kappa shape index (κ1) is 14.2. The van der Waals surface area contributed by atoms with Gasteiger partial charge in [0.05, 0.1) is 11.7 Å². The van der Waals surface area contributed by atoms with Crippen LogP contribution in [0.3, 0.4) is 0 Å². The number of rotatable bonds is 2. The molecule has 0 unspecified atom stereocenters. The molecule has 2 rings (SSSR count). The normalized spacial score (nSPS) is 11.7. The van der Waals surface area contributed by atoms with E-state index in [-0.39, 0.29) is 0 Å². The molecule has 0 saturated carbocycles. The molecule has 0 saturated heterocycles. The number of pyridine rings is 1. The summed E-state index contributed by atoms with van der Waals surface area (Å²) in [6.07, 6.45) is 7.77. The number of allylic oxidation sites excluding steroid dienone is 2. The Balaban J connectivity index is 0.000000771. The third-order valence-corrected chi connectivity index (χ3v) is 2.57. The molecule has 3 heteroatoms. The van der Waals surface area contributed by atoms with Crippen molar-refractivity contribution in [3.63, 3.8) is 0 Å². The summed E-state index contributed by atoms with van der Waals surface area (Å²) in [6.45, 7) is 8.09. The fraction of sp³-hybridized carbons (Fsp3) is 0.333. The second-order valence-corrected chi connectivity index (χ2v) is 3.72. The Kier molecular flexibility index (Phi) is 5.31. The van der Waals surface area contributed by atoms with E-state index in [9.17, 15) is 0 Å². The van der Waals surface area contributed by atoms with Crippen molar-refractivity contribution in [1.29, 1.82) is 0 Å². The van der Waals surface area contributed by atoms with Crippen LogP contribution in [-0.4, -0.2) is 22.9 Å². The molecular weight excluding hydrogens is 222 g/mol. The van der Waals surface area contributed by atoms with Gasteiger partial charge in [0.2, 0.25) is 0 Å². The smallest absolute Gasteiger partial charge is 0.0743 e. The lowest BCUT2D eigenvalue weighted by Gasteiger charge is -2.00. The number of aryl methyl sites for hydroxylation is 1. The lowest BCUT2D eigenvalue weighted by molar-refractivity contribution is 0.958. The van der Waals surface area contributed by atoms with Crippen molar-refractivity contribution in [2.24, 2.45) is 4.99 Å². The van der Waals surface area contributed by atoms with Gasteiger partial charge in [-0.05, 0) is 37.1 Å². The second-order valence-electron chi connectivity index (χ2n) is 3.72. The zero-order chi connectivity index (χ0) is 13.5. The molecule has 0 radical (unpaired) electrons. The molecule has 2 heterocycles. The highest BCUT2D eigenvalue weighted by molar-refractivity contribution is 6.12. The Morgan fingerprint density at radius 3 is 2.72 bits per heavy atom. The summed E-state index contributed by atoms with van der Waals surface area (Å²) < 4.78 is 1.88. The molecule has 0 aliphatic carbocycles. The predicted octanol–water partition coefficient (Wildman–Crippen LogP) is 3.77. The number of aliphatic imine (C=N–C) groups is 1. The second kappa shape index (κ2) is 6.74. The van der Waals surface area contributed by atoms with Gasteiger partial charge in [-0.15, -0.1) is 0 Å². The van der Waals surface area contributed by atoms with E-state index in [1.54, 1.807) is 7.05 Å². The van der Waals surface area contributed by atoms with Gasteiger partial charge in [-0.3, -0.25) is 4.99 Å². The standard InChI is InChI=1S/C13H15N3.C2H6/c1-4-11(8-14-3)12-9-15-16-6-5-10(2)7-13(12)16;1-2/h4-9H,1-3H3;1-2H3/b11-4+,14-8?;. The summed E-state index contributed by atoms with van der Waals surface area (Å²) in [5.41, 5.74) is 4.58. The molecule has 0 spiro atoms. The van der Waals surface area contributed by atoms with Crippen LogP contribution in [0.25, 0.3) is 11.1 Å². The molecule has 0 fully saturated rings. The number of hydrogen-bond donors (Lipinski definition) is 0. The maximum atomic E-state index is 4.33. The summed E-state index contributed by atoms with van der Waals surface area (Å²) in [5.74, 6) is 0. The lowest BCUT2D eigenvalue weighted by atomic mass is 10.1. The molecule has 0 N–H and O–H groups in total. The molecule has 3 nitrogen and oxygen atoms in total. The molecular formula is C15H21N3. The lowest BCUT2D eigenvalue weighted by Crippen LogP contribution is -1.88. The van der Waals surface area contributed by atoms with E-state index in [0.717, 1.165) is 16.7 Å². The van der Waals surface area contributed by atoms with E-state index in [4.69, 9.17) is 0 Å². The van der Waals surface area contributed by atoms with Crippen LogP contribution in [0.2, 0.25) is 0 Å². The van der Waals surface area contributed by atoms with E-state index < -0.39 is 0 Å². The molecule has 18 heavy (non-hydrogen) atoms. The summed E-state index contributed by atoms with van der Waals surface area (Å²) in [5, 5.41) is 4.33. The fourth-order valence-electron chi connectivity index (χ4n) is 1.75. The van der Waals surface area contributed by atoms with Crippen molar-refractivity contribution < 1.29 is 0 Å². The molecule has 0 aliphatic rings. The Hall–Kier alpha value is -1.90. The van der Waals surface area contributed by atoms with Crippen molar-refractivity contribution in [3.05, 3.63) is 41.7 Å². The highest BCUT2D eigenvalue weighted by atomic mass is 15.2. The van der Waals surface area contributed by atoms with Gasteiger partial charge >= 0.3 is 0 Å². The van der Waals surface area contributed by atoms with Gasteiger partial charge in [-0.1, -0.05) is 19.9 Å². The Labute approximate surface area is 109 Å². The molecule has 0 aliphatic heterocycles. The first-order valence-corrected chi connectivity index (χ1v) is 6.29. The van der Waals surface area contributed by atoms with Gasteiger partial charge in [0.15, 0.2) is 0 Å². The summed E-state index contributed by atoms with van der Waals surface area (Å²) in [4.78, 5) is 4.06. The minimum Gasteiger partial charge on any atom is -0.296 e. The fourth-order valence-corrected chi connectivity index (χ4v) is 1.75. The maximum Gasteiger partial charge on any atom is 0.0743 e. The number of hydrogen-bond acceptors (Lipinski definition) is 2. The SMILES string of the molecule is C/C=C(\C=NC)c1cnn2ccc(C)cc12.CC. The summed E-state index contributed by atoms with van der Waals surface area (Å²) in [7, 11) is 1.78. The van der Waals surface area contributed by atoms with Crippen LogP contribution in [0.15, 0.2) is 35.6 Å². The molecule has 0 amide bonds. The van der Waals surface area contributed by atoms with Crippen LogP contribution in [-0.2, 0) is 0 Å². The number of fused-ring (bicyclic) bond motifs is 1. The van der Waals surface area contributed by atoms with Gasteiger partial charge < -0.3 is 0 Å². The first-order valence-electron chi connectivity index (χ1n) is 6.29. The van der Waals surface area contributed by atoms with E-state index >= 15 is 0 Å². The third kappa shape index (κ3) is 2.86. The van der Waals surface area contributed by atoms with E-state index in [1.165, 1.54) is 5.56 Å². The van der Waals surface area contributed by atoms with E-state index in [2.05, 4.69) is 23.1 Å². The van der Waals surface area contributed by atoms with Crippen LogP contribution in [0.4, 0.5) is 0 Å². The highest BCUT2D eigenvalue weighted by Crippen LogP contribution is 2.19. The zero-order valence-electron chi connectivity index (χ0n) is 11.8. The number of aromatic nitrogens is 2. The average molecular weight is 243 g/mol. The van der Waals surface area contributed by atoms with Crippen LogP contribution < -0.4 is 0 Å². The molecule has 0 atom stereocenters. The van der Waals surface area contributed by atoms with Gasteiger partial charge in [-0.25, -0.2) is 4.52 Å². The summed E-state index contributed by atoms with van der Waals surface area (Å²) >= 11 is 0. The van der Waals surface area contributed by atoms with Gasteiger partial charge in [-0.2, -0.15) is 5.10 Å². The Morgan fingerprint density at radius 1 is 1.39 bits per heavy atom. The molecule has 0 aromatic carbocycles. The zero-order valence-corrected chi connectivity index (χ0v) is 11.8. The topological polar surface area (TPSA) is 29.7 Å². The average Bonchev–Trinajstić information content (AvgIpc) is 2.81. The van der Waals surface area contributed by atoms with Gasteiger partial charge in [0.25, 0.3) is 0 Å². The number of nitrogens with zero attached hydrogens (tertiary/aromatic N) is 3. The largest absolute Gasteiger partial charge is 0.296 e. The van der Waals surface area contributed by atoms with E-state index in [0.29, 0.717) is 0 Å².